The van der Waals surface area contributed by atoms with Crippen LogP contribution in [0.15, 0.2) is 68.5 Å². The molecule has 2 bridgehead atoms. The summed E-state index contributed by atoms with van der Waals surface area (Å²) >= 11 is 0. The zero-order chi connectivity index (χ0) is 24.3. The van der Waals surface area contributed by atoms with Crippen LogP contribution in [0.3, 0.4) is 0 Å². The van der Waals surface area contributed by atoms with Crippen molar-refractivity contribution in [2.24, 2.45) is 57.5 Å². The Balaban J connectivity index is 1.16. The average Bonchev–Trinajstić information content (AvgIpc) is 3.36. The van der Waals surface area contributed by atoms with Gasteiger partial charge < -0.3 is 0 Å². The van der Waals surface area contributed by atoms with Crippen LogP contribution < -0.4 is 9.66 Å². The highest BCUT2D eigenvalue weighted by molar-refractivity contribution is 7.89. The molecule has 5 saturated carbocycles. The molecule has 182 valence electrons. The van der Waals surface area contributed by atoms with Crippen molar-refractivity contribution in [1.82, 2.24) is 9.66 Å². The van der Waals surface area contributed by atoms with Gasteiger partial charge >= 0.3 is 0 Å². The summed E-state index contributed by atoms with van der Waals surface area (Å²) in [5.41, 5.74) is 3.87. The minimum absolute atomic E-state index is 0.147. The molecule has 10 heteroatoms. The summed E-state index contributed by atoms with van der Waals surface area (Å²) in [6.45, 7) is 3.82. The van der Waals surface area contributed by atoms with Gasteiger partial charge in [0.1, 0.15) is 0 Å². The predicted octanol–water partition coefficient (Wildman–Crippen LogP) is 2.66. The molecule has 2 aromatic rings. The minimum Gasteiger partial charge on any atom is -0.200 e. The van der Waals surface area contributed by atoms with Crippen LogP contribution in [0.1, 0.15) is 17.5 Å². The van der Waals surface area contributed by atoms with E-state index in [1.807, 2.05) is 13.8 Å². The first-order valence-electron chi connectivity index (χ1n) is 12.0. The van der Waals surface area contributed by atoms with Crippen molar-refractivity contribution in [1.29, 1.82) is 0 Å². The van der Waals surface area contributed by atoms with Crippen LogP contribution in [0.25, 0.3) is 0 Å². The van der Waals surface area contributed by atoms with Crippen LogP contribution >= 0.6 is 0 Å². The van der Waals surface area contributed by atoms with Crippen LogP contribution in [0.5, 0.6) is 0 Å². The molecule has 2 aromatic carbocycles. The van der Waals surface area contributed by atoms with Crippen molar-refractivity contribution in [3.05, 3.63) is 59.7 Å². The molecule has 5 aliphatic carbocycles. The number of hydrazone groups is 2. The summed E-state index contributed by atoms with van der Waals surface area (Å²) in [6.07, 6.45) is 1.10. The lowest BCUT2D eigenvalue weighted by Gasteiger charge is -2.44. The minimum atomic E-state index is -3.74. The fourth-order valence-corrected chi connectivity index (χ4v) is 9.58. The fraction of sp³-hybridized carbons (Fsp3) is 0.440. The molecule has 0 radical (unpaired) electrons. The molecule has 8 unspecified atom stereocenters. The van der Waals surface area contributed by atoms with E-state index in [0.29, 0.717) is 23.7 Å². The van der Waals surface area contributed by atoms with E-state index in [-0.39, 0.29) is 33.5 Å². The quantitative estimate of drug-likeness (QED) is 0.581. The maximum absolute atomic E-state index is 12.8. The Bertz CT molecular complexity index is 1390. The molecule has 8 nitrogen and oxygen atoms in total. The fourth-order valence-electron chi connectivity index (χ4n) is 7.93. The summed E-state index contributed by atoms with van der Waals surface area (Å²) in [5, 5.41) is 8.99. The standard InChI is InChI=1S/C25H26N4O4S2/c1-12-3-7-14(8-4-12)34(30,31)28-26-24-20-16-11-17-19-18(16)22(24)23(19)25(21(17)20)27-29-35(32,33)15-9-5-13(2)6-10-15/h3-10,16-23,28-29H,11H2,1-2H3/b26-24+,27-25+. The highest BCUT2D eigenvalue weighted by Gasteiger charge is 2.82. The molecule has 0 amide bonds. The number of benzene rings is 2. The molecule has 0 saturated heterocycles. The van der Waals surface area contributed by atoms with Crippen molar-refractivity contribution in [3.8, 4) is 0 Å². The number of rotatable bonds is 6. The number of hydrogen-bond donors (Lipinski definition) is 2. The van der Waals surface area contributed by atoms with Gasteiger partial charge in [0.05, 0.1) is 9.79 Å². The molecule has 2 N–H and O–H groups in total. The molecule has 5 aliphatic rings. The van der Waals surface area contributed by atoms with Crippen LogP contribution in [0, 0.1) is 61.2 Å². The zero-order valence-electron chi connectivity index (χ0n) is 19.3. The summed E-state index contributed by atoms with van der Waals surface area (Å²) in [6, 6.07) is 13.4. The monoisotopic (exact) mass is 510 g/mol. The number of sulfonamides is 2. The first-order chi connectivity index (χ1) is 16.7. The van der Waals surface area contributed by atoms with E-state index in [1.54, 1.807) is 48.5 Å². The van der Waals surface area contributed by atoms with Crippen molar-refractivity contribution in [3.63, 3.8) is 0 Å². The van der Waals surface area contributed by atoms with Gasteiger partial charge in [0.15, 0.2) is 0 Å². The SMILES string of the molecule is Cc1ccc(S(=O)(=O)N/N=C2\C3C4CC5C3/C(=N\NS(=O)(=O)c3ccc(C)cc3)C3C2C4C53)cc1. The molecule has 8 atom stereocenters. The number of aryl methyl sites for hydroxylation is 2. The van der Waals surface area contributed by atoms with Crippen molar-refractivity contribution < 1.29 is 16.8 Å². The Morgan fingerprint density at radius 2 is 1.00 bits per heavy atom. The second kappa shape index (κ2) is 6.94. The third kappa shape index (κ3) is 2.83. The number of hydrogen-bond acceptors (Lipinski definition) is 6. The Kier molecular flexibility index (Phi) is 4.27. The predicted molar refractivity (Wildman–Crippen MR) is 130 cm³/mol. The lowest BCUT2D eigenvalue weighted by atomic mass is 9.59. The second-order valence-corrected chi connectivity index (χ2v) is 14.0. The van der Waals surface area contributed by atoms with Crippen LogP contribution in [0.2, 0.25) is 0 Å². The van der Waals surface area contributed by atoms with Gasteiger partial charge in [0.2, 0.25) is 0 Å². The van der Waals surface area contributed by atoms with Crippen molar-refractivity contribution in [2.75, 3.05) is 0 Å². The van der Waals surface area contributed by atoms with E-state index < -0.39 is 20.0 Å². The summed E-state index contributed by atoms with van der Waals surface area (Å²) in [7, 11) is -7.48. The second-order valence-electron chi connectivity index (χ2n) is 10.7. The van der Waals surface area contributed by atoms with Gasteiger partial charge in [0, 0.05) is 35.1 Å². The molecule has 0 aliphatic heterocycles. The Morgan fingerprint density at radius 1 is 0.629 bits per heavy atom. The molecule has 0 aromatic heterocycles. The van der Waals surface area contributed by atoms with Gasteiger partial charge in [-0.2, -0.15) is 27.0 Å². The summed E-state index contributed by atoms with van der Waals surface area (Å²) < 4.78 is 51.2. The Labute approximate surface area is 205 Å². The van der Waals surface area contributed by atoms with Crippen LogP contribution in [0.4, 0.5) is 0 Å². The maximum atomic E-state index is 12.8. The van der Waals surface area contributed by atoms with Crippen molar-refractivity contribution in [2.45, 2.75) is 30.1 Å². The lowest BCUT2D eigenvalue weighted by molar-refractivity contribution is 0.0655. The largest absolute Gasteiger partial charge is 0.276 e. The van der Waals surface area contributed by atoms with E-state index in [9.17, 15) is 16.8 Å². The average molecular weight is 511 g/mol. The van der Waals surface area contributed by atoms with E-state index in [1.165, 1.54) is 0 Å². The number of nitrogens with zero attached hydrogens (tertiary/aromatic N) is 2. The number of nitrogens with one attached hydrogen (secondary N) is 2. The van der Waals surface area contributed by atoms with Crippen LogP contribution in [-0.4, -0.2) is 28.3 Å². The van der Waals surface area contributed by atoms with E-state index in [0.717, 1.165) is 29.0 Å². The molecule has 0 heterocycles. The molecule has 0 spiro atoms. The first-order valence-corrected chi connectivity index (χ1v) is 15.0. The summed E-state index contributed by atoms with van der Waals surface area (Å²) in [5.74, 6) is 2.65. The smallest absolute Gasteiger partial charge is 0.200 e. The van der Waals surface area contributed by atoms with E-state index in [4.69, 9.17) is 0 Å². The van der Waals surface area contributed by atoms with E-state index >= 15 is 0 Å². The van der Waals surface area contributed by atoms with Gasteiger partial charge in [-0.25, -0.2) is 9.66 Å². The molecular formula is C25H26N4O4S2. The maximum Gasteiger partial charge on any atom is 0.276 e. The van der Waals surface area contributed by atoms with Gasteiger partial charge in [-0.15, -0.1) is 0 Å². The molecule has 35 heavy (non-hydrogen) atoms. The highest BCUT2D eigenvalue weighted by atomic mass is 32.2. The Hall–Kier alpha value is -2.72. The third-order valence-electron chi connectivity index (χ3n) is 9.12. The van der Waals surface area contributed by atoms with Gasteiger partial charge in [0.25, 0.3) is 20.0 Å². The Morgan fingerprint density at radius 3 is 1.37 bits per heavy atom. The van der Waals surface area contributed by atoms with Gasteiger partial charge in [-0.05, 0) is 68.2 Å². The summed E-state index contributed by atoms with van der Waals surface area (Å²) in [4.78, 5) is 5.37. The molecular weight excluding hydrogens is 484 g/mol. The van der Waals surface area contributed by atoms with E-state index in [2.05, 4.69) is 19.9 Å². The van der Waals surface area contributed by atoms with Gasteiger partial charge in [-0.3, -0.25) is 0 Å². The normalized spacial score (nSPS) is 37.9. The van der Waals surface area contributed by atoms with Crippen molar-refractivity contribution >= 4 is 31.5 Å². The third-order valence-corrected chi connectivity index (χ3v) is 11.6. The lowest BCUT2D eigenvalue weighted by Crippen LogP contribution is -2.49. The first kappa shape index (κ1) is 21.6. The zero-order valence-corrected chi connectivity index (χ0v) is 20.9. The highest BCUT2D eigenvalue weighted by Crippen LogP contribution is 2.80. The topological polar surface area (TPSA) is 117 Å². The molecule has 5 fully saturated rings. The van der Waals surface area contributed by atoms with Crippen LogP contribution in [-0.2, 0) is 20.0 Å². The molecule has 7 rings (SSSR count). The number of fused-ring (bicyclic) bond motifs is 2. The van der Waals surface area contributed by atoms with Gasteiger partial charge in [-0.1, -0.05) is 35.4 Å².